The van der Waals surface area contributed by atoms with Crippen LogP contribution in [-0.2, 0) is 0 Å². The van der Waals surface area contributed by atoms with E-state index in [1.165, 1.54) is 11.1 Å². The Morgan fingerprint density at radius 2 is 1.23 bits per heavy atom. The Labute approximate surface area is 180 Å². The molecule has 0 saturated carbocycles. The highest BCUT2D eigenvalue weighted by Gasteiger charge is 2.14. The summed E-state index contributed by atoms with van der Waals surface area (Å²) in [6, 6.07) is 37.7. The maximum absolute atomic E-state index is 6.41. The molecule has 0 aliphatic heterocycles. The number of rotatable bonds is 3. The molecule has 146 valence electrons. The molecule has 6 rings (SSSR count). The summed E-state index contributed by atoms with van der Waals surface area (Å²) in [6.45, 7) is 0. The van der Waals surface area contributed by atoms with Gasteiger partial charge in [0.1, 0.15) is 11.2 Å². The summed E-state index contributed by atoms with van der Waals surface area (Å²) >= 11 is 0. The molecule has 0 saturated heterocycles. The third-order valence-electron chi connectivity index (χ3n) is 5.75. The fourth-order valence-corrected chi connectivity index (χ4v) is 4.20. The average molecular weight is 397 g/mol. The summed E-state index contributed by atoms with van der Waals surface area (Å²) in [5, 5.41) is 2.23. The first-order valence-corrected chi connectivity index (χ1v) is 10.4. The average Bonchev–Trinajstić information content (AvgIpc) is 3.23. The van der Waals surface area contributed by atoms with E-state index in [1.807, 2.05) is 24.4 Å². The van der Waals surface area contributed by atoms with Gasteiger partial charge >= 0.3 is 0 Å². The zero-order valence-corrected chi connectivity index (χ0v) is 16.8. The summed E-state index contributed by atoms with van der Waals surface area (Å²) in [5.41, 5.74) is 8.34. The second kappa shape index (κ2) is 7.26. The fourth-order valence-electron chi connectivity index (χ4n) is 4.20. The first-order chi connectivity index (χ1) is 15.4. The molecule has 0 atom stereocenters. The van der Waals surface area contributed by atoms with Crippen LogP contribution in [0.2, 0.25) is 0 Å². The van der Waals surface area contributed by atoms with Crippen LogP contribution < -0.4 is 0 Å². The number of para-hydroxylation sites is 1. The van der Waals surface area contributed by atoms with Gasteiger partial charge in [-0.15, -0.1) is 0 Å². The van der Waals surface area contributed by atoms with E-state index in [0.717, 1.165) is 44.3 Å². The van der Waals surface area contributed by atoms with Crippen LogP contribution in [-0.4, -0.2) is 4.98 Å². The van der Waals surface area contributed by atoms with Gasteiger partial charge in [0.2, 0.25) is 0 Å². The van der Waals surface area contributed by atoms with Crippen molar-refractivity contribution < 1.29 is 4.42 Å². The molecular formula is C29H19NO. The van der Waals surface area contributed by atoms with Gasteiger partial charge in [0, 0.05) is 22.5 Å². The number of hydrogen-bond donors (Lipinski definition) is 0. The molecule has 0 unspecified atom stereocenters. The van der Waals surface area contributed by atoms with E-state index in [4.69, 9.17) is 4.42 Å². The Balaban J connectivity index is 1.52. The van der Waals surface area contributed by atoms with Gasteiger partial charge in [0.15, 0.2) is 0 Å². The van der Waals surface area contributed by atoms with E-state index in [9.17, 15) is 0 Å². The minimum absolute atomic E-state index is 0.875. The molecule has 31 heavy (non-hydrogen) atoms. The Bertz CT molecular complexity index is 1510. The lowest BCUT2D eigenvalue weighted by molar-refractivity contribution is 0.670. The van der Waals surface area contributed by atoms with Crippen LogP contribution in [0.5, 0.6) is 0 Å². The van der Waals surface area contributed by atoms with Gasteiger partial charge < -0.3 is 4.42 Å². The summed E-state index contributed by atoms with van der Waals surface area (Å²) in [4.78, 5) is 4.66. The highest BCUT2D eigenvalue weighted by atomic mass is 16.3. The molecule has 0 spiro atoms. The molecule has 0 aliphatic rings. The lowest BCUT2D eigenvalue weighted by Gasteiger charge is -2.06. The first-order valence-electron chi connectivity index (χ1n) is 10.4. The van der Waals surface area contributed by atoms with Crippen molar-refractivity contribution in [3.05, 3.63) is 115 Å². The van der Waals surface area contributed by atoms with Crippen LogP contribution in [0.3, 0.4) is 0 Å². The molecular weight excluding hydrogens is 378 g/mol. The monoisotopic (exact) mass is 397 g/mol. The summed E-state index contributed by atoms with van der Waals surface area (Å²) < 4.78 is 6.41. The number of hydrogen-bond acceptors (Lipinski definition) is 2. The van der Waals surface area contributed by atoms with Gasteiger partial charge in [-0.25, -0.2) is 0 Å². The molecule has 6 aromatic rings. The van der Waals surface area contributed by atoms with Crippen molar-refractivity contribution >= 4 is 21.9 Å². The molecule has 0 bridgehead atoms. The number of fused-ring (bicyclic) bond motifs is 3. The molecule has 2 heterocycles. The highest BCUT2D eigenvalue weighted by molar-refractivity contribution is 6.10. The summed E-state index contributed by atoms with van der Waals surface area (Å²) in [5.74, 6) is 0. The Morgan fingerprint density at radius 3 is 1.97 bits per heavy atom. The van der Waals surface area contributed by atoms with Crippen LogP contribution in [0.4, 0.5) is 0 Å². The second-order valence-electron chi connectivity index (χ2n) is 7.66. The first kappa shape index (κ1) is 17.7. The SMILES string of the molecule is c1ccc(-c2ccnc(-c3cccc4c3oc3cc(-c5ccccc5)ccc34)c2)cc1. The molecule has 0 N–H and O–H groups in total. The van der Waals surface area contributed by atoms with Crippen molar-refractivity contribution in [2.24, 2.45) is 0 Å². The molecule has 0 amide bonds. The maximum atomic E-state index is 6.41. The van der Waals surface area contributed by atoms with Gasteiger partial charge in [-0.1, -0.05) is 78.9 Å². The zero-order valence-electron chi connectivity index (χ0n) is 16.8. The zero-order chi connectivity index (χ0) is 20.6. The van der Waals surface area contributed by atoms with Crippen molar-refractivity contribution in [2.75, 3.05) is 0 Å². The lowest BCUT2D eigenvalue weighted by atomic mass is 10.0. The molecule has 4 aromatic carbocycles. The Hall–Kier alpha value is -4.17. The van der Waals surface area contributed by atoms with E-state index in [0.29, 0.717) is 0 Å². The molecule has 2 aromatic heterocycles. The molecule has 2 heteroatoms. The van der Waals surface area contributed by atoms with Crippen LogP contribution in [0, 0.1) is 0 Å². The van der Waals surface area contributed by atoms with Gasteiger partial charge in [-0.05, 0) is 52.6 Å². The van der Waals surface area contributed by atoms with Crippen molar-refractivity contribution in [3.8, 4) is 33.5 Å². The van der Waals surface area contributed by atoms with Crippen LogP contribution in [0.25, 0.3) is 55.4 Å². The Kier molecular flexibility index (Phi) is 4.14. The van der Waals surface area contributed by atoms with Crippen molar-refractivity contribution in [1.29, 1.82) is 0 Å². The minimum Gasteiger partial charge on any atom is -0.455 e. The van der Waals surface area contributed by atoms with Gasteiger partial charge in [0.05, 0.1) is 5.69 Å². The van der Waals surface area contributed by atoms with E-state index in [2.05, 4.69) is 96.0 Å². The number of nitrogens with zero attached hydrogens (tertiary/aromatic N) is 1. The topological polar surface area (TPSA) is 26.0 Å². The quantitative estimate of drug-likeness (QED) is 0.302. The second-order valence-corrected chi connectivity index (χ2v) is 7.66. The van der Waals surface area contributed by atoms with Crippen molar-refractivity contribution in [2.45, 2.75) is 0 Å². The normalized spacial score (nSPS) is 11.2. The predicted octanol–water partition coefficient (Wildman–Crippen LogP) is 7.98. The summed E-state index contributed by atoms with van der Waals surface area (Å²) in [6.07, 6.45) is 1.87. The molecule has 0 radical (unpaired) electrons. The van der Waals surface area contributed by atoms with Crippen LogP contribution in [0.15, 0.2) is 120 Å². The summed E-state index contributed by atoms with van der Waals surface area (Å²) in [7, 11) is 0. The highest BCUT2D eigenvalue weighted by Crippen LogP contribution is 2.37. The van der Waals surface area contributed by atoms with Crippen molar-refractivity contribution in [3.63, 3.8) is 0 Å². The van der Waals surface area contributed by atoms with E-state index < -0.39 is 0 Å². The van der Waals surface area contributed by atoms with E-state index >= 15 is 0 Å². The van der Waals surface area contributed by atoms with E-state index in [1.54, 1.807) is 0 Å². The maximum Gasteiger partial charge on any atom is 0.144 e. The van der Waals surface area contributed by atoms with Gasteiger partial charge in [-0.3, -0.25) is 4.98 Å². The van der Waals surface area contributed by atoms with E-state index in [-0.39, 0.29) is 0 Å². The minimum atomic E-state index is 0.875. The third-order valence-corrected chi connectivity index (χ3v) is 5.75. The lowest BCUT2D eigenvalue weighted by Crippen LogP contribution is -1.86. The number of pyridine rings is 1. The molecule has 0 fully saturated rings. The number of benzene rings is 4. The van der Waals surface area contributed by atoms with Gasteiger partial charge in [-0.2, -0.15) is 0 Å². The third kappa shape index (κ3) is 3.10. The molecule has 0 aliphatic carbocycles. The largest absolute Gasteiger partial charge is 0.455 e. The smallest absolute Gasteiger partial charge is 0.144 e. The fraction of sp³-hybridized carbons (Fsp3) is 0. The number of aromatic nitrogens is 1. The Morgan fingerprint density at radius 1 is 0.516 bits per heavy atom. The number of furan rings is 1. The predicted molar refractivity (Wildman–Crippen MR) is 128 cm³/mol. The van der Waals surface area contributed by atoms with Crippen molar-refractivity contribution in [1.82, 2.24) is 4.98 Å². The van der Waals surface area contributed by atoms with Gasteiger partial charge in [0.25, 0.3) is 0 Å². The standard InChI is InChI=1S/C29H19NO/c1-3-8-20(9-4-1)22-14-15-24-25-12-7-13-26(29(25)31-28(24)19-22)27-18-23(16-17-30-27)21-10-5-2-6-11-21/h1-19H. The van der Waals surface area contributed by atoms with Crippen LogP contribution >= 0.6 is 0 Å². The molecule has 2 nitrogen and oxygen atoms in total. The van der Waals surface area contributed by atoms with Crippen LogP contribution in [0.1, 0.15) is 0 Å².